The van der Waals surface area contributed by atoms with Crippen molar-refractivity contribution in [1.82, 2.24) is 9.47 Å². The number of thioether (sulfide) groups is 1. The van der Waals surface area contributed by atoms with Crippen molar-refractivity contribution in [2.75, 3.05) is 13.2 Å². The Morgan fingerprint density at radius 1 is 1.00 bits per heavy atom. The first-order valence-electron chi connectivity index (χ1n) is 9.28. The summed E-state index contributed by atoms with van der Waals surface area (Å²) in [6.45, 7) is 2.49. The van der Waals surface area contributed by atoms with E-state index >= 15 is 0 Å². The van der Waals surface area contributed by atoms with Crippen LogP contribution in [0.4, 0.5) is 4.79 Å². The molecule has 0 radical (unpaired) electrons. The van der Waals surface area contributed by atoms with E-state index in [4.69, 9.17) is 4.74 Å². The Labute approximate surface area is 173 Å². The molecule has 0 saturated carbocycles. The molecule has 1 aliphatic rings. The van der Waals surface area contributed by atoms with Crippen LogP contribution in [0.1, 0.15) is 11.1 Å². The second-order valence-corrected chi connectivity index (χ2v) is 7.68. The van der Waals surface area contributed by atoms with Gasteiger partial charge in [-0.05, 0) is 60.7 Å². The summed E-state index contributed by atoms with van der Waals surface area (Å²) in [4.78, 5) is 26.6. The number of rotatable bonds is 6. The first kappa shape index (κ1) is 19.1. The number of benzene rings is 2. The largest absolute Gasteiger partial charge is 0.492 e. The van der Waals surface area contributed by atoms with Crippen molar-refractivity contribution in [3.8, 4) is 11.4 Å². The maximum atomic E-state index is 12.6. The topological polar surface area (TPSA) is 51.5 Å². The smallest absolute Gasteiger partial charge is 0.293 e. The number of para-hydroxylation sites is 1. The third kappa shape index (κ3) is 4.43. The lowest BCUT2D eigenvalue weighted by atomic mass is 10.2. The predicted octanol–water partition coefficient (Wildman–Crippen LogP) is 4.90. The molecule has 29 heavy (non-hydrogen) atoms. The third-order valence-corrected chi connectivity index (χ3v) is 5.45. The number of aryl methyl sites for hydroxylation is 1. The van der Waals surface area contributed by atoms with Gasteiger partial charge >= 0.3 is 0 Å². The van der Waals surface area contributed by atoms with Crippen molar-refractivity contribution in [1.29, 1.82) is 0 Å². The number of amides is 2. The molecule has 4 rings (SSSR count). The molecule has 2 heterocycles. The van der Waals surface area contributed by atoms with Crippen LogP contribution >= 0.6 is 11.8 Å². The Hall–Kier alpha value is -3.25. The van der Waals surface area contributed by atoms with E-state index in [1.807, 2.05) is 84.5 Å². The van der Waals surface area contributed by atoms with Crippen LogP contribution in [0.15, 0.2) is 78.0 Å². The van der Waals surface area contributed by atoms with Gasteiger partial charge in [-0.15, -0.1) is 0 Å². The zero-order valence-electron chi connectivity index (χ0n) is 15.9. The number of aromatic nitrogens is 1. The summed E-state index contributed by atoms with van der Waals surface area (Å²) in [5.74, 6) is 0.445. The Morgan fingerprint density at radius 3 is 2.52 bits per heavy atom. The maximum Gasteiger partial charge on any atom is 0.293 e. The van der Waals surface area contributed by atoms with Crippen LogP contribution in [0.3, 0.4) is 0 Å². The van der Waals surface area contributed by atoms with Gasteiger partial charge in [0.25, 0.3) is 11.1 Å². The number of nitrogens with zero attached hydrogens (tertiary/aromatic N) is 2. The molecule has 1 fully saturated rings. The van der Waals surface area contributed by atoms with Gasteiger partial charge in [0, 0.05) is 18.1 Å². The first-order chi connectivity index (χ1) is 14.1. The first-order valence-corrected chi connectivity index (χ1v) is 10.1. The highest BCUT2D eigenvalue weighted by molar-refractivity contribution is 8.18. The Bertz CT molecular complexity index is 1060. The molecule has 2 amide bonds. The van der Waals surface area contributed by atoms with Crippen molar-refractivity contribution in [3.05, 3.63) is 89.1 Å². The molecule has 6 heteroatoms. The lowest BCUT2D eigenvalue weighted by Crippen LogP contribution is -2.32. The highest BCUT2D eigenvalue weighted by atomic mass is 32.2. The second kappa shape index (κ2) is 8.41. The Balaban J connectivity index is 1.40. The fourth-order valence-corrected chi connectivity index (χ4v) is 3.86. The van der Waals surface area contributed by atoms with Gasteiger partial charge < -0.3 is 9.30 Å². The van der Waals surface area contributed by atoms with Crippen molar-refractivity contribution in [2.45, 2.75) is 6.92 Å². The van der Waals surface area contributed by atoms with Crippen LogP contribution in [0.5, 0.6) is 5.75 Å². The van der Waals surface area contributed by atoms with Gasteiger partial charge in [0.15, 0.2) is 0 Å². The molecule has 2 aromatic carbocycles. The fraction of sp³-hybridized carbons (Fsp3) is 0.130. The van der Waals surface area contributed by atoms with E-state index < -0.39 is 0 Å². The second-order valence-electron chi connectivity index (χ2n) is 6.68. The average Bonchev–Trinajstić information content (AvgIpc) is 3.30. The van der Waals surface area contributed by atoms with Crippen LogP contribution < -0.4 is 4.74 Å². The number of carbonyl (C=O) groups excluding carboxylic acids is 2. The predicted molar refractivity (Wildman–Crippen MR) is 115 cm³/mol. The molecule has 0 bridgehead atoms. The summed E-state index contributed by atoms with van der Waals surface area (Å²) < 4.78 is 7.62. The normalized spacial score (nSPS) is 15.3. The number of hydrogen-bond donors (Lipinski definition) is 0. The molecule has 146 valence electrons. The van der Waals surface area contributed by atoms with E-state index in [0.717, 1.165) is 34.3 Å². The molecule has 0 N–H and O–H groups in total. The van der Waals surface area contributed by atoms with E-state index in [0.29, 0.717) is 4.91 Å². The van der Waals surface area contributed by atoms with E-state index in [1.165, 1.54) is 4.90 Å². The van der Waals surface area contributed by atoms with Gasteiger partial charge in [-0.1, -0.05) is 35.9 Å². The molecular formula is C23H20N2O3S. The lowest BCUT2D eigenvalue weighted by molar-refractivity contribution is -0.123. The van der Waals surface area contributed by atoms with Gasteiger partial charge in [0.2, 0.25) is 0 Å². The fourth-order valence-electron chi connectivity index (χ4n) is 2.99. The molecule has 5 nitrogen and oxygen atoms in total. The minimum atomic E-state index is -0.278. The van der Waals surface area contributed by atoms with Gasteiger partial charge in [-0.2, -0.15) is 0 Å². The average molecular weight is 404 g/mol. The van der Waals surface area contributed by atoms with Gasteiger partial charge in [-0.3, -0.25) is 14.5 Å². The van der Waals surface area contributed by atoms with E-state index in [1.54, 1.807) is 6.08 Å². The van der Waals surface area contributed by atoms with Crippen LogP contribution in [0.2, 0.25) is 0 Å². The van der Waals surface area contributed by atoms with E-state index in [2.05, 4.69) is 0 Å². The maximum absolute atomic E-state index is 12.6. The quantitative estimate of drug-likeness (QED) is 0.548. The Morgan fingerprint density at radius 2 is 1.76 bits per heavy atom. The highest BCUT2D eigenvalue weighted by Gasteiger charge is 2.34. The number of ether oxygens (including phenoxy) is 1. The SMILES string of the molecule is Cc1ccc(OCCN2C(=O)S/C(=C/c3ccn(-c4ccccc4)c3)C2=O)cc1. The van der Waals surface area contributed by atoms with Crippen molar-refractivity contribution in [3.63, 3.8) is 0 Å². The van der Waals surface area contributed by atoms with Crippen molar-refractivity contribution in [2.24, 2.45) is 0 Å². The number of carbonyl (C=O) groups is 2. The molecule has 3 aromatic rings. The molecule has 0 spiro atoms. The zero-order valence-corrected chi connectivity index (χ0v) is 16.8. The van der Waals surface area contributed by atoms with Crippen LogP contribution in [-0.2, 0) is 4.79 Å². The Kier molecular flexibility index (Phi) is 5.53. The molecule has 0 atom stereocenters. The molecule has 1 aliphatic heterocycles. The van der Waals surface area contributed by atoms with Gasteiger partial charge in [0.1, 0.15) is 12.4 Å². The van der Waals surface area contributed by atoms with Crippen LogP contribution in [0.25, 0.3) is 11.8 Å². The molecule has 0 aliphatic carbocycles. The number of hydrogen-bond acceptors (Lipinski definition) is 4. The highest BCUT2D eigenvalue weighted by Crippen LogP contribution is 2.32. The molecule has 1 saturated heterocycles. The van der Waals surface area contributed by atoms with Gasteiger partial charge in [0.05, 0.1) is 11.4 Å². The van der Waals surface area contributed by atoms with Crippen LogP contribution in [0, 0.1) is 6.92 Å². The summed E-state index contributed by atoms with van der Waals surface area (Å²) in [6.07, 6.45) is 5.62. The molecular weight excluding hydrogens is 384 g/mol. The van der Waals surface area contributed by atoms with E-state index in [9.17, 15) is 9.59 Å². The summed E-state index contributed by atoms with van der Waals surface area (Å²) in [6, 6.07) is 19.5. The number of imide groups is 1. The van der Waals surface area contributed by atoms with Gasteiger partial charge in [-0.25, -0.2) is 0 Å². The van der Waals surface area contributed by atoms with E-state index in [-0.39, 0.29) is 24.3 Å². The van der Waals surface area contributed by atoms with Crippen molar-refractivity contribution >= 4 is 29.0 Å². The molecule has 1 aromatic heterocycles. The summed E-state index contributed by atoms with van der Waals surface area (Å²) in [7, 11) is 0. The molecule has 0 unspecified atom stereocenters. The minimum absolute atomic E-state index is 0.223. The monoisotopic (exact) mass is 404 g/mol. The summed E-state index contributed by atoms with van der Waals surface area (Å²) in [5, 5.41) is -0.267. The van der Waals surface area contributed by atoms with Crippen LogP contribution in [-0.4, -0.2) is 33.8 Å². The standard InChI is InChI=1S/C23H20N2O3S/c1-17-7-9-20(10-8-17)28-14-13-25-22(26)21(29-23(25)27)15-18-11-12-24(16-18)19-5-3-2-4-6-19/h2-12,15-16H,13-14H2,1H3/b21-15+. The zero-order chi connectivity index (χ0) is 20.2. The summed E-state index contributed by atoms with van der Waals surface area (Å²) in [5.41, 5.74) is 3.05. The minimum Gasteiger partial charge on any atom is -0.492 e. The third-order valence-electron chi connectivity index (χ3n) is 4.55. The lowest BCUT2D eigenvalue weighted by Gasteiger charge is -2.13. The summed E-state index contributed by atoms with van der Waals surface area (Å²) >= 11 is 0.964. The van der Waals surface area contributed by atoms with Crippen molar-refractivity contribution < 1.29 is 14.3 Å².